The Labute approximate surface area is 130 Å². The third-order valence-electron chi connectivity index (χ3n) is 2.55. The van der Waals surface area contributed by atoms with Gasteiger partial charge in [-0.25, -0.2) is 0 Å². The predicted octanol–water partition coefficient (Wildman–Crippen LogP) is 3.12. The number of carbonyl (C=O) groups excluding carboxylic acids is 1. The third kappa shape index (κ3) is 4.71. The Balaban J connectivity index is 1.83. The molecule has 0 atom stereocenters. The number of hydrogen-bond acceptors (Lipinski definition) is 5. The molecule has 0 aliphatic rings. The number of nitrogens with one attached hydrogen (secondary N) is 1. The molecule has 0 saturated carbocycles. The van der Waals surface area contributed by atoms with Gasteiger partial charge in [-0.1, -0.05) is 38.4 Å². The average Bonchev–Trinajstić information content (AvgIpc) is 2.84. The summed E-state index contributed by atoms with van der Waals surface area (Å²) in [5, 5.41) is 10.1. The zero-order chi connectivity index (χ0) is 15.2. The molecule has 21 heavy (non-hydrogen) atoms. The molecule has 0 bridgehead atoms. The number of nitrogens with zero attached hydrogens (tertiary/aromatic N) is 2. The van der Waals surface area contributed by atoms with Gasteiger partial charge in [0.1, 0.15) is 5.76 Å². The lowest BCUT2D eigenvalue weighted by atomic mass is 10.1. The maximum atomic E-state index is 11.6. The molecule has 2 rings (SSSR count). The van der Waals surface area contributed by atoms with Gasteiger partial charge in [0.05, 0.1) is 5.71 Å². The molecule has 0 fully saturated rings. The van der Waals surface area contributed by atoms with Crippen molar-refractivity contribution in [3.8, 4) is 0 Å². The van der Waals surface area contributed by atoms with E-state index in [2.05, 4.69) is 31.6 Å². The molecule has 0 spiro atoms. The summed E-state index contributed by atoms with van der Waals surface area (Å²) in [6, 6.07) is 9.26. The summed E-state index contributed by atoms with van der Waals surface area (Å²) in [6.45, 7) is 3.35. The number of halogens is 1. The van der Waals surface area contributed by atoms with Gasteiger partial charge >= 0.3 is 0 Å². The van der Waals surface area contributed by atoms with Crippen molar-refractivity contribution in [3.05, 3.63) is 46.1 Å². The smallest absolute Gasteiger partial charge is 0.266 e. The second-order valence-electron chi connectivity index (χ2n) is 4.33. The van der Waals surface area contributed by atoms with Crippen LogP contribution in [-0.2, 0) is 9.63 Å². The molecule has 0 aliphatic heterocycles. The van der Waals surface area contributed by atoms with Crippen LogP contribution in [0.5, 0.6) is 0 Å². The van der Waals surface area contributed by atoms with E-state index in [4.69, 9.17) is 9.36 Å². The minimum absolute atomic E-state index is 0.195. The Bertz CT molecular complexity index is 650. The van der Waals surface area contributed by atoms with Crippen LogP contribution in [-0.4, -0.2) is 23.4 Å². The van der Waals surface area contributed by atoms with Crippen molar-refractivity contribution < 1.29 is 14.2 Å². The molecular formula is C14H14BrN3O3. The normalized spacial score (nSPS) is 11.3. The van der Waals surface area contributed by atoms with Gasteiger partial charge in [0.15, 0.2) is 12.4 Å². The van der Waals surface area contributed by atoms with Gasteiger partial charge < -0.3 is 14.7 Å². The Kier molecular flexibility index (Phi) is 5.10. The zero-order valence-electron chi connectivity index (χ0n) is 11.6. The van der Waals surface area contributed by atoms with Crippen molar-refractivity contribution in [2.75, 3.05) is 11.9 Å². The van der Waals surface area contributed by atoms with Gasteiger partial charge in [0, 0.05) is 10.5 Å². The summed E-state index contributed by atoms with van der Waals surface area (Å²) in [7, 11) is 0. The van der Waals surface area contributed by atoms with Crippen LogP contribution < -0.4 is 5.32 Å². The molecule has 2 aromatic rings. The average molecular weight is 352 g/mol. The lowest BCUT2D eigenvalue weighted by Gasteiger charge is -2.03. The zero-order valence-corrected chi connectivity index (χ0v) is 13.2. The number of rotatable bonds is 5. The Morgan fingerprint density at radius 1 is 1.43 bits per heavy atom. The summed E-state index contributed by atoms with van der Waals surface area (Å²) >= 11 is 3.36. The lowest BCUT2D eigenvalue weighted by molar-refractivity contribution is -0.120. The maximum Gasteiger partial charge on any atom is 0.266 e. The lowest BCUT2D eigenvalue weighted by Crippen LogP contribution is -2.17. The van der Waals surface area contributed by atoms with Gasteiger partial charge in [-0.15, -0.1) is 0 Å². The highest BCUT2D eigenvalue weighted by Crippen LogP contribution is 2.11. The van der Waals surface area contributed by atoms with E-state index in [1.807, 2.05) is 31.2 Å². The Morgan fingerprint density at radius 2 is 2.14 bits per heavy atom. The highest BCUT2D eigenvalue weighted by Gasteiger charge is 2.06. The quantitative estimate of drug-likeness (QED) is 0.663. The molecule has 1 heterocycles. The van der Waals surface area contributed by atoms with E-state index in [1.54, 1.807) is 13.0 Å². The largest absolute Gasteiger partial charge is 0.385 e. The van der Waals surface area contributed by atoms with Crippen LogP contribution >= 0.6 is 15.9 Å². The van der Waals surface area contributed by atoms with Crippen molar-refractivity contribution in [2.45, 2.75) is 13.8 Å². The van der Waals surface area contributed by atoms with Crippen LogP contribution in [0.3, 0.4) is 0 Å². The summed E-state index contributed by atoms with van der Waals surface area (Å²) < 4.78 is 5.83. The number of amides is 1. The Morgan fingerprint density at radius 3 is 2.76 bits per heavy atom. The summed E-state index contributed by atoms with van der Waals surface area (Å²) in [5.41, 5.74) is 1.61. The summed E-state index contributed by atoms with van der Waals surface area (Å²) in [5.74, 6) is 0.626. The number of aryl methyl sites for hydroxylation is 1. The predicted molar refractivity (Wildman–Crippen MR) is 82.2 cm³/mol. The number of oxime groups is 1. The molecule has 110 valence electrons. The molecule has 0 aliphatic carbocycles. The van der Waals surface area contributed by atoms with Crippen LogP contribution in [0, 0.1) is 6.92 Å². The Hall–Kier alpha value is -2.15. The van der Waals surface area contributed by atoms with Gasteiger partial charge in [0.25, 0.3) is 5.91 Å². The number of anilines is 1. The van der Waals surface area contributed by atoms with Crippen LogP contribution in [0.4, 0.5) is 5.82 Å². The summed E-state index contributed by atoms with van der Waals surface area (Å²) in [6.07, 6.45) is 0. The number of carbonyl (C=O) groups is 1. The SMILES string of the molecule is CC(=NOCC(=O)Nc1cc(C)on1)c1ccc(Br)cc1. The van der Waals surface area contributed by atoms with Crippen molar-refractivity contribution in [2.24, 2.45) is 5.16 Å². The fourth-order valence-electron chi connectivity index (χ4n) is 1.54. The first-order valence-corrected chi connectivity index (χ1v) is 6.99. The van der Waals surface area contributed by atoms with E-state index in [0.29, 0.717) is 17.3 Å². The van der Waals surface area contributed by atoms with Crippen molar-refractivity contribution in [1.82, 2.24) is 5.16 Å². The highest BCUT2D eigenvalue weighted by molar-refractivity contribution is 9.10. The van der Waals surface area contributed by atoms with E-state index in [1.165, 1.54) is 0 Å². The fraction of sp³-hybridized carbons (Fsp3) is 0.214. The minimum atomic E-state index is -0.351. The molecule has 0 radical (unpaired) electrons. The second kappa shape index (κ2) is 7.03. The summed E-state index contributed by atoms with van der Waals surface area (Å²) in [4.78, 5) is 16.6. The fourth-order valence-corrected chi connectivity index (χ4v) is 1.80. The first-order valence-electron chi connectivity index (χ1n) is 6.20. The topological polar surface area (TPSA) is 76.7 Å². The van der Waals surface area contributed by atoms with Gasteiger partial charge in [-0.3, -0.25) is 4.79 Å². The number of hydrogen-bond donors (Lipinski definition) is 1. The first-order chi connectivity index (χ1) is 10.0. The molecule has 1 aromatic heterocycles. The van der Waals surface area contributed by atoms with E-state index >= 15 is 0 Å². The van der Waals surface area contributed by atoms with Crippen molar-refractivity contribution in [1.29, 1.82) is 0 Å². The van der Waals surface area contributed by atoms with Crippen LogP contribution in [0.25, 0.3) is 0 Å². The first kappa shape index (κ1) is 15.2. The van der Waals surface area contributed by atoms with E-state index in [-0.39, 0.29) is 12.5 Å². The van der Waals surface area contributed by atoms with E-state index in [0.717, 1.165) is 10.0 Å². The molecule has 7 heteroatoms. The number of benzene rings is 1. The molecule has 0 unspecified atom stereocenters. The highest BCUT2D eigenvalue weighted by atomic mass is 79.9. The molecule has 6 nitrogen and oxygen atoms in total. The molecule has 0 saturated heterocycles. The second-order valence-corrected chi connectivity index (χ2v) is 5.24. The van der Waals surface area contributed by atoms with E-state index < -0.39 is 0 Å². The van der Waals surface area contributed by atoms with Crippen LogP contribution in [0.2, 0.25) is 0 Å². The van der Waals surface area contributed by atoms with Crippen LogP contribution in [0.15, 0.2) is 44.5 Å². The van der Waals surface area contributed by atoms with Gasteiger partial charge in [-0.05, 0) is 31.5 Å². The van der Waals surface area contributed by atoms with Gasteiger partial charge in [0.2, 0.25) is 0 Å². The monoisotopic (exact) mass is 351 g/mol. The van der Waals surface area contributed by atoms with Crippen LogP contribution in [0.1, 0.15) is 18.2 Å². The number of aromatic nitrogens is 1. The van der Waals surface area contributed by atoms with Crippen molar-refractivity contribution >= 4 is 33.4 Å². The molecular weight excluding hydrogens is 338 g/mol. The maximum absolute atomic E-state index is 11.6. The third-order valence-corrected chi connectivity index (χ3v) is 3.08. The standard InChI is InChI=1S/C14H14BrN3O3/c1-9-7-13(18-21-9)16-14(19)8-20-17-10(2)11-3-5-12(15)6-4-11/h3-7H,8H2,1-2H3,(H,16,18,19). The molecule has 1 aromatic carbocycles. The molecule has 1 amide bonds. The van der Waals surface area contributed by atoms with Crippen molar-refractivity contribution in [3.63, 3.8) is 0 Å². The minimum Gasteiger partial charge on any atom is -0.385 e. The van der Waals surface area contributed by atoms with Gasteiger partial charge in [-0.2, -0.15) is 0 Å². The van der Waals surface area contributed by atoms with E-state index in [9.17, 15) is 4.79 Å². The molecule has 1 N–H and O–H groups in total.